The highest BCUT2D eigenvalue weighted by atomic mass is 35.5. The SMILES string of the molecule is CC1SC(=S)N(CCC(=O)Nc2ccc(Cl)cc2Cl)C1=O. The van der Waals surface area contributed by atoms with Crippen molar-refractivity contribution in [2.75, 3.05) is 11.9 Å². The number of hydrogen-bond acceptors (Lipinski definition) is 4. The first-order chi connectivity index (χ1) is 9.88. The molecule has 1 atom stereocenters. The number of thiocarbonyl (C=S) groups is 1. The molecule has 0 bridgehead atoms. The first-order valence-corrected chi connectivity index (χ1v) is 8.20. The van der Waals surface area contributed by atoms with E-state index in [1.807, 2.05) is 0 Å². The van der Waals surface area contributed by atoms with Crippen molar-refractivity contribution in [3.63, 3.8) is 0 Å². The molecule has 4 nitrogen and oxygen atoms in total. The quantitative estimate of drug-likeness (QED) is 0.831. The Balaban J connectivity index is 1.91. The second-order valence-electron chi connectivity index (χ2n) is 4.44. The van der Waals surface area contributed by atoms with Gasteiger partial charge in [-0.1, -0.05) is 47.2 Å². The van der Waals surface area contributed by atoms with Crippen LogP contribution in [0.1, 0.15) is 13.3 Å². The largest absolute Gasteiger partial charge is 0.325 e. The maximum atomic E-state index is 11.9. The number of rotatable bonds is 4. The Labute approximate surface area is 142 Å². The zero-order valence-electron chi connectivity index (χ0n) is 11.1. The van der Waals surface area contributed by atoms with Crippen LogP contribution in [0.15, 0.2) is 18.2 Å². The van der Waals surface area contributed by atoms with Gasteiger partial charge in [0.1, 0.15) is 4.32 Å². The van der Waals surface area contributed by atoms with Crippen molar-refractivity contribution < 1.29 is 9.59 Å². The predicted octanol–water partition coefficient (Wildman–Crippen LogP) is 3.57. The molecule has 1 N–H and O–H groups in total. The normalized spacial score (nSPS) is 18.2. The lowest BCUT2D eigenvalue weighted by molar-refractivity contribution is -0.126. The third-order valence-electron chi connectivity index (χ3n) is 2.88. The maximum Gasteiger partial charge on any atom is 0.241 e. The van der Waals surface area contributed by atoms with E-state index in [9.17, 15) is 9.59 Å². The van der Waals surface area contributed by atoms with E-state index in [1.165, 1.54) is 16.7 Å². The fourth-order valence-corrected chi connectivity index (χ4v) is 3.70. The highest BCUT2D eigenvalue weighted by Crippen LogP contribution is 2.27. The van der Waals surface area contributed by atoms with Crippen LogP contribution in [0, 0.1) is 0 Å². The lowest BCUT2D eigenvalue weighted by Crippen LogP contribution is -2.33. The van der Waals surface area contributed by atoms with Crippen molar-refractivity contribution in [1.29, 1.82) is 0 Å². The minimum absolute atomic E-state index is 0.0534. The summed E-state index contributed by atoms with van der Waals surface area (Å²) in [6.07, 6.45) is 0.151. The van der Waals surface area contributed by atoms with Gasteiger partial charge in [-0.2, -0.15) is 0 Å². The van der Waals surface area contributed by atoms with Crippen LogP contribution in [-0.4, -0.2) is 32.8 Å². The molecule has 0 aliphatic carbocycles. The van der Waals surface area contributed by atoms with E-state index in [0.29, 0.717) is 20.1 Å². The molecule has 1 heterocycles. The summed E-state index contributed by atoms with van der Waals surface area (Å²) < 4.78 is 0.518. The molecule has 1 aliphatic heterocycles. The summed E-state index contributed by atoms with van der Waals surface area (Å²) in [6, 6.07) is 4.82. The number of nitrogens with one attached hydrogen (secondary N) is 1. The lowest BCUT2D eigenvalue weighted by atomic mass is 10.3. The molecule has 0 aromatic heterocycles. The van der Waals surface area contributed by atoms with Gasteiger partial charge in [0.25, 0.3) is 0 Å². The van der Waals surface area contributed by atoms with Crippen LogP contribution in [0.2, 0.25) is 10.0 Å². The van der Waals surface area contributed by atoms with Gasteiger partial charge in [-0.15, -0.1) is 0 Å². The minimum atomic E-state index is -0.237. The Kier molecular flexibility index (Phi) is 5.48. The standard InChI is InChI=1S/C13H12Cl2N2O2S2/c1-7-12(19)17(13(20)21-7)5-4-11(18)16-10-3-2-8(14)6-9(10)15/h2-3,6-7H,4-5H2,1H3,(H,16,18). The molecule has 0 saturated carbocycles. The van der Waals surface area contributed by atoms with Gasteiger partial charge in [0.05, 0.1) is 16.0 Å². The minimum Gasteiger partial charge on any atom is -0.325 e. The lowest BCUT2D eigenvalue weighted by Gasteiger charge is -2.15. The number of thioether (sulfide) groups is 1. The Hall–Kier alpha value is -0.820. The van der Waals surface area contributed by atoms with Crippen LogP contribution in [0.4, 0.5) is 5.69 Å². The molecule has 112 valence electrons. The Morgan fingerprint density at radius 3 is 2.76 bits per heavy atom. The van der Waals surface area contributed by atoms with Gasteiger partial charge in [-0.3, -0.25) is 14.5 Å². The molecule has 1 fully saturated rings. The third kappa shape index (κ3) is 4.10. The number of benzene rings is 1. The van der Waals surface area contributed by atoms with Gasteiger partial charge in [0, 0.05) is 18.0 Å². The first kappa shape index (κ1) is 16.5. The zero-order valence-corrected chi connectivity index (χ0v) is 14.2. The van der Waals surface area contributed by atoms with Crippen LogP contribution in [0.3, 0.4) is 0 Å². The monoisotopic (exact) mass is 362 g/mol. The fraction of sp³-hybridized carbons (Fsp3) is 0.308. The fourth-order valence-electron chi connectivity index (χ4n) is 1.79. The van der Waals surface area contributed by atoms with Gasteiger partial charge < -0.3 is 5.32 Å². The number of hydrogen-bond donors (Lipinski definition) is 1. The average molecular weight is 363 g/mol. The topological polar surface area (TPSA) is 49.4 Å². The summed E-state index contributed by atoms with van der Waals surface area (Å²) in [5.41, 5.74) is 0.490. The summed E-state index contributed by atoms with van der Waals surface area (Å²) >= 11 is 18.2. The molecular weight excluding hydrogens is 351 g/mol. The highest BCUT2D eigenvalue weighted by molar-refractivity contribution is 8.24. The van der Waals surface area contributed by atoms with Crippen LogP contribution < -0.4 is 5.32 Å². The Morgan fingerprint density at radius 1 is 1.48 bits per heavy atom. The molecule has 1 unspecified atom stereocenters. The van der Waals surface area contributed by atoms with E-state index < -0.39 is 0 Å². The molecular formula is C13H12Cl2N2O2S2. The smallest absolute Gasteiger partial charge is 0.241 e. The third-order valence-corrected chi connectivity index (χ3v) is 4.91. The summed E-state index contributed by atoms with van der Waals surface area (Å²) in [4.78, 5) is 25.2. The number of carbonyl (C=O) groups excluding carboxylic acids is 2. The molecule has 21 heavy (non-hydrogen) atoms. The van der Waals surface area contributed by atoms with E-state index in [2.05, 4.69) is 5.32 Å². The number of halogens is 2. The average Bonchev–Trinajstić information content (AvgIpc) is 2.65. The molecule has 8 heteroatoms. The predicted molar refractivity (Wildman–Crippen MR) is 91.1 cm³/mol. The van der Waals surface area contributed by atoms with Crippen LogP contribution in [-0.2, 0) is 9.59 Å². The molecule has 2 amide bonds. The number of carbonyl (C=O) groups is 2. The van der Waals surface area contributed by atoms with E-state index in [1.54, 1.807) is 25.1 Å². The van der Waals surface area contributed by atoms with Crippen LogP contribution in [0.25, 0.3) is 0 Å². The Morgan fingerprint density at radius 2 is 2.19 bits per heavy atom. The second kappa shape index (κ2) is 6.96. The summed E-state index contributed by atoms with van der Waals surface area (Å²) in [5, 5.41) is 3.38. The van der Waals surface area contributed by atoms with Gasteiger partial charge >= 0.3 is 0 Å². The second-order valence-corrected chi connectivity index (χ2v) is 7.26. The highest BCUT2D eigenvalue weighted by Gasteiger charge is 2.33. The van der Waals surface area contributed by atoms with Gasteiger partial charge in [-0.25, -0.2) is 0 Å². The molecule has 1 aromatic rings. The zero-order chi connectivity index (χ0) is 15.6. The van der Waals surface area contributed by atoms with Gasteiger partial charge in [-0.05, 0) is 25.1 Å². The summed E-state index contributed by atoms with van der Waals surface area (Å²) in [7, 11) is 0. The van der Waals surface area contributed by atoms with Crippen molar-refractivity contribution in [1.82, 2.24) is 4.90 Å². The summed E-state index contributed by atoms with van der Waals surface area (Å²) in [5.74, 6) is -0.290. The number of anilines is 1. The van der Waals surface area contributed by atoms with Crippen LogP contribution in [0.5, 0.6) is 0 Å². The van der Waals surface area contributed by atoms with Gasteiger partial charge in [0.2, 0.25) is 11.8 Å². The van der Waals surface area contributed by atoms with Crippen LogP contribution >= 0.6 is 47.2 Å². The molecule has 2 rings (SSSR count). The molecule has 0 radical (unpaired) electrons. The molecule has 1 aromatic carbocycles. The van der Waals surface area contributed by atoms with Crippen molar-refractivity contribution in [3.05, 3.63) is 28.2 Å². The maximum absolute atomic E-state index is 11.9. The number of amides is 2. The number of nitrogens with zero attached hydrogens (tertiary/aromatic N) is 1. The van der Waals surface area contributed by atoms with E-state index in [-0.39, 0.29) is 30.0 Å². The van der Waals surface area contributed by atoms with E-state index in [0.717, 1.165) is 0 Å². The first-order valence-electron chi connectivity index (χ1n) is 6.15. The summed E-state index contributed by atoms with van der Waals surface area (Å²) in [6.45, 7) is 2.07. The van der Waals surface area contributed by atoms with E-state index in [4.69, 9.17) is 35.4 Å². The molecule has 1 aliphatic rings. The van der Waals surface area contributed by atoms with E-state index >= 15 is 0 Å². The van der Waals surface area contributed by atoms with Crippen molar-refractivity contribution in [2.45, 2.75) is 18.6 Å². The Bertz CT molecular complexity index is 610. The van der Waals surface area contributed by atoms with Crippen molar-refractivity contribution in [2.24, 2.45) is 0 Å². The molecule has 0 spiro atoms. The van der Waals surface area contributed by atoms with Crippen molar-refractivity contribution in [3.8, 4) is 0 Å². The van der Waals surface area contributed by atoms with Crippen molar-refractivity contribution >= 4 is 69.0 Å². The van der Waals surface area contributed by atoms with Gasteiger partial charge in [0.15, 0.2) is 0 Å². The molecule has 1 saturated heterocycles.